The molecule has 118 valence electrons. The first-order chi connectivity index (χ1) is 9.73. The number of methoxy groups -OCH3 is 1. The fourth-order valence-electron chi connectivity index (χ4n) is 2.30. The molecule has 0 aliphatic carbocycles. The Labute approximate surface area is 124 Å². The average Bonchev–Trinajstić information content (AvgIpc) is 2.37. The maximum Gasteiger partial charge on any atom is 0.244 e. The molecule has 2 rings (SSSR count). The summed E-state index contributed by atoms with van der Waals surface area (Å²) in [4.78, 5) is -0.0898. The number of sulfone groups is 1. The van der Waals surface area contributed by atoms with Crippen LogP contribution in [-0.4, -0.2) is 41.5 Å². The van der Waals surface area contributed by atoms with Gasteiger partial charge in [0.15, 0.2) is 9.84 Å². The summed E-state index contributed by atoms with van der Waals surface area (Å²) >= 11 is 0. The zero-order valence-electron chi connectivity index (χ0n) is 11.6. The van der Waals surface area contributed by atoms with Crippen molar-refractivity contribution in [2.45, 2.75) is 23.8 Å². The van der Waals surface area contributed by atoms with Crippen LogP contribution in [0.15, 0.2) is 23.1 Å². The first kappa shape index (κ1) is 16.1. The second-order valence-electron chi connectivity index (χ2n) is 4.99. The normalized spacial score (nSPS) is 21.9. The lowest BCUT2D eigenvalue weighted by Gasteiger charge is -2.23. The van der Waals surface area contributed by atoms with E-state index in [4.69, 9.17) is 10.5 Å². The van der Waals surface area contributed by atoms with Crippen LogP contribution in [0.25, 0.3) is 0 Å². The average molecular weight is 334 g/mol. The van der Waals surface area contributed by atoms with E-state index < -0.39 is 25.9 Å². The highest BCUT2D eigenvalue weighted by Gasteiger charge is 2.30. The van der Waals surface area contributed by atoms with E-state index in [0.717, 1.165) is 0 Å². The molecule has 7 nitrogen and oxygen atoms in total. The van der Waals surface area contributed by atoms with Crippen molar-refractivity contribution >= 4 is 25.5 Å². The fourth-order valence-corrected chi connectivity index (χ4v) is 5.52. The number of nitrogens with one attached hydrogen (secondary N) is 1. The van der Waals surface area contributed by atoms with Crippen LogP contribution in [-0.2, 0) is 19.9 Å². The van der Waals surface area contributed by atoms with Gasteiger partial charge in [-0.25, -0.2) is 21.6 Å². The zero-order chi connectivity index (χ0) is 15.7. The molecule has 0 saturated carbocycles. The van der Waals surface area contributed by atoms with Crippen LogP contribution in [0, 0.1) is 0 Å². The molecule has 1 aliphatic heterocycles. The Morgan fingerprint density at radius 1 is 1.38 bits per heavy atom. The number of ether oxygens (including phenoxy) is 1. The van der Waals surface area contributed by atoms with Gasteiger partial charge in [-0.05, 0) is 31.0 Å². The van der Waals surface area contributed by atoms with Crippen LogP contribution in [0.2, 0.25) is 0 Å². The van der Waals surface area contributed by atoms with Gasteiger partial charge >= 0.3 is 0 Å². The summed E-state index contributed by atoms with van der Waals surface area (Å²) in [6, 6.07) is 3.66. The van der Waals surface area contributed by atoms with E-state index in [2.05, 4.69) is 4.72 Å². The molecule has 9 heteroatoms. The van der Waals surface area contributed by atoms with Gasteiger partial charge in [-0.15, -0.1) is 0 Å². The van der Waals surface area contributed by atoms with Gasteiger partial charge in [-0.3, -0.25) is 0 Å². The quantitative estimate of drug-likeness (QED) is 0.756. The molecule has 0 spiro atoms. The topological polar surface area (TPSA) is 116 Å². The highest BCUT2D eigenvalue weighted by molar-refractivity contribution is 7.91. The number of sulfonamides is 1. The van der Waals surface area contributed by atoms with E-state index in [-0.39, 0.29) is 27.8 Å². The lowest BCUT2D eigenvalue weighted by atomic mass is 10.2. The molecule has 0 radical (unpaired) electrons. The molecule has 1 atom stereocenters. The summed E-state index contributed by atoms with van der Waals surface area (Å²) < 4.78 is 55.4. The van der Waals surface area contributed by atoms with Gasteiger partial charge in [0, 0.05) is 11.7 Å². The summed E-state index contributed by atoms with van der Waals surface area (Å²) in [6.07, 6.45) is 0.937. The minimum atomic E-state index is -3.89. The fraction of sp³-hybridized carbons (Fsp3) is 0.500. The highest BCUT2D eigenvalue weighted by atomic mass is 32.2. The van der Waals surface area contributed by atoms with Crippen molar-refractivity contribution in [1.29, 1.82) is 0 Å². The number of anilines is 1. The number of hydrogen-bond donors (Lipinski definition) is 2. The number of rotatable bonds is 4. The molecule has 1 unspecified atom stereocenters. The third-order valence-electron chi connectivity index (χ3n) is 3.26. The lowest BCUT2D eigenvalue weighted by molar-refractivity contribution is 0.402. The Balaban J connectivity index is 2.28. The van der Waals surface area contributed by atoms with E-state index in [1.54, 1.807) is 0 Å². The van der Waals surface area contributed by atoms with Crippen molar-refractivity contribution in [3.05, 3.63) is 18.2 Å². The molecule has 3 N–H and O–H groups in total. The Hall–Kier alpha value is -1.32. The van der Waals surface area contributed by atoms with Gasteiger partial charge in [0.05, 0.1) is 18.6 Å². The maximum absolute atomic E-state index is 12.4. The van der Waals surface area contributed by atoms with Crippen molar-refractivity contribution < 1.29 is 21.6 Å². The summed E-state index contributed by atoms with van der Waals surface area (Å²) in [5, 5.41) is 0. The summed E-state index contributed by atoms with van der Waals surface area (Å²) in [7, 11) is -5.73. The Kier molecular flexibility index (Phi) is 4.45. The van der Waals surface area contributed by atoms with Crippen molar-refractivity contribution in [1.82, 2.24) is 4.72 Å². The van der Waals surface area contributed by atoms with Gasteiger partial charge in [-0.2, -0.15) is 0 Å². The predicted molar refractivity (Wildman–Crippen MR) is 79.4 cm³/mol. The molecular weight excluding hydrogens is 316 g/mol. The molecule has 1 aliphatic rings. The molecular formula is C12H18N2O5S2. The van der Waals surface area contributed by atoms with Gasteiger partial charge in [-0.1, -0.05) is 0 Å². The van der Waals surface area contributed by atoms with E-state index >= 15 is 0 Å². The van der Waals surface area contributed by atoms with Gasteiger partial charge < -0.3 is 10.5 Å². The van der Waals surface area contributed by atoms with Crippen molar-refractivity contribution in [3.8, 4) is 5.75 Å². The Morgan fingerprint density at radius 2 is 2.10 bits per heavy atom. The van der Waals surface area contributed by atoms with Crippen LogP contribution >= 0.6 is 0 Å². The Bertz CT molecular complexity index is 728. The molecule has 0 aromatic heterocycles. The predicted octanol–water partition coefficient (Wildman–Crippen LogP) is 0.133. The summed E-state index contributed by atoms with van der Waals surface area (Å²) in [5.74, 6) is 0.0827. The van der Waals surface area contributed by atoms with E-state index in [1.165, 1.54) is 25.3 Å². The molecule has 1 fully saturated rings. The highest BCUT2D eigenvalue weighted by Crippen LogP contribution is 2.26. The molecule has 1 saturated heterocycles. The monoisotopic (exact) mass is 334 g/mol. The molecule has 1 aromatic rings. The second kappa shape index (κ2) is 5.82. The number of nitrogen functional groups attached to an aromatic ring is 1. The van der Waals surface area contributed by atoms with Crippen molar-refractivity contribution in [3.63, 3.8) is 0 Å². The van der Waals surface area contributed by atoms with Crippen LogP contribution < -0.4 is 15.2 Å². The first-order valence-electron chi connectivity index (χ1n) is 6.40. The first-order valence-corrected chi connectivity index (χ1v) is 9.70. The van der Waals surface area contributed by atoms with Gasteiger partial charge in [0.1, 0.15) is 10.6 Å². The van der Waals surface area contributed by atoms with Gasteiger partial charge in [0.2, 0.25) is 10.0 Å². The molecule has 1 heterocycles. The largest absolute Gasteiger partial charge is 0.495 e. The van der Waals surface area contributed by atoms with E-state index in [9.17, 15) is 16.8 Å². The molecule has 0 amide bonds. The van der Waals surface area contributed by atoms with Crippen LogP contribution in [0.5, 0.6) is 5.75 Å². The minimum Gasteiger partial charge on any atom is -0.495 e. The number of benzene rings is 1. The molecule has 1 aromatic carbocycles. The second-order valence-corrected chi connectivity index (χ2v) is 8.90. The molecule has 0 bridgehead atoms. The third kappa shape index (κ3) is 3.86. The van der Waals surface area contributed by atoms with Crippen LogP contribution in [0.3, 0.4) is 0 Å². The number of nitrogens with two attached hydrogens (primary N) is 1. The Morgan fingerprint density at radius 3 is 2.71 bits per heavy atom. The lowest BCUT2D eigenvalue weighted by Crippen LogP contribution is -2.43. The zero-order valence-corrected chi connectivity index (χ0v) is 13.2. The SMILES string of the molecule is COc1ccc(N)cc1S(=O)(=O)NC1CCCS(=O)(=O)C1. The molecule has 21 heavy (non-hydrogen) atoms. The third-order valence-corrected chi connectivity index (χ3v) is 6.62. The van der Waals surface area contributed by atoms with Crippen LogP contribution in [0.4, 0.5) is 5.69 Å². The van der Waals surface area contributed by atoms with E-state index in [1.807, 2.05) is 0 Å². The summed E-state index contributed by atoms with van der Waals surface area (Å²) in [5.41, 5.74) is 5.90. The van der Waals surface area contributed by atoms with Crippen molar-refractivity contribution in [2.24, 2.45) is 0 Å². The standard InChI is InChI=1S/C12H18N2O5S2/c1-19-11-5-4-9(13)7-12(11)21(17,18)14-10-3-2-6-20(15,16)8-10/h4-5,7,10,14H,2-3,6,8,13H2,1H3. The minimum absolute atomic E-state index is 0.0898. The van der Waals surface area contributed by atoms with Gasteiger partial charge in [0.25, 0.3) is 0 Å². The van der Waals surface area contributed by atoms with Crippen molar-refractivity contribution in [2.75, 3.05) is 24.3 Å². The van der Waals surface area contributed by atoms with Crippen LogP contribution in [0.1, 0.15) is 12.8 Å². The maximum atomic E-state index is 12.4. The number of hydrogen-bond acceptors (Lipinski definition) is 6. The summed E-state index contributed by atoms with van der Waals surface area (Å²) in [6.45, 7) is 0. The smallest absolute Gasteiger partial charge is 0.244 e. The van der Waals surface area contributed by atoms with E-state index in [0.29, 0.717) is 12.8 Å².